The first-order chi connectivity index (χ1) is 12.6. The number of aromatic nitrogens is 2. The van der Waals surface area contributed by atoms with E-state index >= 15 is 0 Å². The highest BCUT2D eigenvalue weighted by atomic mass is 19.1. The van der Waals surface area contributed by atoms with Crippen molar-refractivity contribution in [1.29, 1.82) is 0 Å². The molecule has 1 unspecified atom stereocenters. The van der Waals surface area contributed by atoms with E-state index < -0.39 is 0 Å². The van der Waals surface area contributed by atoms with Crippen LogP contribution in [0.4, 0.5) is 4.39 Å². The molecule has 5 heteroatoms. The molecule has 0 aliphatic carbocycles. The number of imidazole rings is 1. The zero-order valence-corrected chi connectivity index (χ0v) is 15.2. The normalized spacial score (nSPS) is 12.3. The number of carbonyl (C=O) groups is 1. The van der Waals surface area contributed by atoms with E-state index in [1.165, 1.54) is 12.1 Å². The monoisotopic (exact) mass is 353 g/mol. The molecular formula is C21H24FN3O. The van der Waals surface area contributed by atoms with Gasteiger partial charge in [0.1, 0.15) is 11.6 Å². The topological polar surface area (TPSA) is 46.9 Å². The van der Waals surface area contributed by atoms with E-state index in [4.69, 9.17) is 4.98 Å². The van der Waals surface area contributed by atoms with E-state index in [1.807, 2.05) is 31.2 Å². The maximum absolute atomic E-state index is 13.1. The number of halogens is 1. The van der Waals surface area contributed by atoms with E-state index in [0.717, 1.165) is 28.8 Å². The first-order valence-corrected chi connectivity index (χ1v) is 9.04. The van der Waals surface area contributed by atoms with Crippen LogP contribution in [0.3, 0.4) is 0 Å². The molecule has 4 nitrogen and oxygen atoms in total. The largest absolute Gasteiger partial charge is 0.354 e. The van der Waals surface area contributed by atoms with Gasteiger partial charge < -0.3 is 9.88 Å². The highest BCUT2D eigenvalue weighted by molar-refractivity contribution is 5.78. The van der Waals surface area contributed by atoms with Gasteiger partial charge in [0.2, 0.25) is 5.91 Å². The van der Waals surface area contributed by atoms with Crippen LogP contribution in [0.1, 0.15) is 38.1 Å². The molecule has 1 heterocycles. The number of aryl methyl sites for hydroxylation is 1. The quantitative estimate of drug-likeness (QED) is 0.696. The molecule has 1 amide bonds. The molecule has 3 aromatic rings. The van der Waals surface area contributed by atoms with Crippen LogP contribution >= 0.6 is 0 Å². The molecule has 3 rings (SSSR count). The maximum Gasteiger partial charge on any atom is 0.221 e. The van der Waals surface area contributed by atoms with Crippen molar-refractivity contribution in [3.05, 3.63) is 65.7 Å². The van der Waals surface area contributed by atoms with E-state index in [1.54, 1.807) is 12.1 Å². The van der Waals surface area contributed by atoms with Gasteiger partial charge in [-0.05, 0) is 43.2 Å². The molecule has 1 atom stereocenters. The Balaban J connectivity index is 1.82. The fraction of sp³-hybridized carbons (Fsp3) is 0.333. The van der Waals surface area contributed by atoms with Gasteiger partial charge in [-0.25, -0.2) is 9.37 Å². The van der Waals surface area contributed by atoms with Gasteiger partial charge in [0.25, 0.3) is 0 Å². The minimum Gasteiger partial charge on any atom is -0.354 e. The first kappa shape index (κ1) is 18.1. The lowest BCUT2D eigenvalue weighted by atomic mass is 10.1. The van der Waals surface area contributed by atoms with Crippen LogP contribution in [0, 0.1) is 5.82 Å². The number of nitrogens with zero attached hydrogens (tertiary/aromatic N) is 2. The van der Waals surface area contributed by atoms with Gasteiger partial charge in [0.05, 0.1) is 11.0 Å². The molecule has 0 aliphatic rings. The van der Waals surface area contributed by atoms with Gasteiger partial charge in [0, 0.05) is 25.4 Å². The van der Waals surface area contributed by atoms with Crippen molar-refractivity contribution in [2.75, 3.05) is 0 Å². The second-order valence-electron chi connectivity index (χ2n) is 6.60. The third-order valence-corrected chi connectivity index (χ3v) is 4.59. The standard InChI is InChI=1S/C21H24FN3O/c1-3-15(2)23-21(26)12-13-25-19-7-5-4-6-18(19)24-20(25)14-16-8-10-17(22)11-9-16/h4-11,15H,3,12-14H2,1-2H3,(H,23,26). The van der Waals surface area contributed by atoms with Gasteiger partial charge in [0.15, 0.2) is 0 Å². The van der Waals surface area contributed by atoms with Crippen LogP contribution in [-0.2, 0) is 17.8 Å². The van der Waals surface area contributed by atoms with Gasteiger partial charge in [-0.3, -0.25) is 4.79 Å². The summed E-state index contributed by atoms with van der Waals surface area (Å²) in [5.74, 6) is 0.683. The Morgan fingerprint density at radius 3 is 2.65 bits per heavy atom. The molecule has 0 spiro atoms. The summed E-state index contributed by atoms with van der Waals surface area (Å²) >= 11 is 0. The van der Waals surface area contributed by atoms with E-state index in [2.05, 4.69) is 16.8 Å². The summed E-state index contributed by atoms with van der Waals surface area (Å²) < 4.78 is 15.2. The summed E-state index contributed by atoms with van der Waals surface area (Å²) in [5.41, 5.74) is 2.92. The first-order valence-electron chi connectivity index (χ1n) is 9.04. The van der Waals surface area contributed by atoms with Crippen LogP contribution in [-0.4, -0.2) is 21.5 Å². The third kappa shape index (κ3) is 4.28. The Morgan fingerprint density at radius 2 is 1.92 bits per heavy atom. The number of amides is 1. The molecule has 0 fully saturated rings. The summed E-state index contributed by atoms with van der Waals surface area (Å²) in [7, 11) is 0. The fourth-order valence-corrected chi connectivity index (χ4v) is 2.96. The molecule has 1 aromatic heterocycles. The van der Waals surface area contributed by atoms with Gasteiger partial charge in [-0.15, -0.1) is 0 Å². The molecule has 0 saturated carbocycles. The zero-order chi connectivity index (χ0) is 18.5. The Labute approximate surface area is 153 Å². The van der Waals surface area contributed by atoms with Gasteiger partial charge in [-0.1, -0.05) is 31.2 Å². The van der Waals surface area contributed by atoms with Crippen LogP contribution < -0.4 is 5.32 Å². The number of para-hydroxylation sites is 2. The van der Waals surface area contributed by atoms with E-state index in [-0.39, 0.29) is 17.8 Å². The molecule has 0 saturated heterocycles. The van der Waals surface area contributed by atoms with Crippen LogP contribution in [0.5, 0.6) is 0 Å². The Kier molecular flexibility index (Phi) is 5.66. The minimum atomic E-state index is -0.246. The van der Waals surface area contributed by atoms with Crippen LogP contribution in [0.15, 0.2) is 48.5 Å². The molecule has 136 valence electrons. The summed E-state index contributed by atoms with van der Waals surface area (Å²) in [4.78, 5) is 16.9. The van der Waals surface area contributed by atoms with Crippen molar-refractivity contribution in [2.24, 2.45) is 0 Å². The smallest absolute Gasteiger partial charge is 0.221 e. The highest BCUT2D eigenvalue weighted by Gasteiger charge is 2.13. The summed E-state index contributed by atoms with van der Waals surface area (Å²) in [5, 5.41) is 3.00. The number of hydrogen-bond acceptors (Lipinski definition) is 2. The Morgan fingerprint density at radius 1 is 1.19 bits per heavy atom. The Bertz CT molecular complexity index is 886. The lowest BCUT2D eigenvalue weighted by molar-refractivity contribution is -0.121. The maximum atomic E-state index is 13.1. The zero-order valence-electron chi connectivity index (χ0n) is 15.2. The SMILES string of the molecule is CCC(C)NC(=O)CCn1c(Cc2ccc(F)cc2)nc2ccccc21. The predicted octanol–water partition coefficient (Wildman–Crippen LogP) is 4.07. The van der Waals surface area contributed by atoms with Crippen molar-refractivity contribution in [3.63, 3.8) is 0 Å². The molecular weight excluding hydrogens is 329 g/mol. The van der Waals surface area contributed by atoms with E-state index in [0.29, 0.717) is 19.4 Å². The number of fused-ring (bicyclic) bond motifs is 1. The number of benzene rings is 2. The van der Waals surface area contributed by atoms with Crippen molar-refractivity contribution in [1.82, 2.24) is 14.9 Å². The van der Waals surface area contributed by atoms with Crippen LogP contribution in [0.2, 0.25) is 0 Å². The Hall–Kier alpha value is -2.69. The highest BCUT2D eigenvalue weighted by Crippen LogP contribution is 2.19. The van der Waals surface area contributed by atoms with Crippen LogP contribution in [0.25, 0.3) is 11.0 Å². The van der Waals surface area contributed by atoms with Crippen molar-refractivity contribution in [2.45, 2.75) is 45.7 Å². The lowest BCUT2D eigenvalue weighted by Crippen LogP contribution is -2.32. The summed E-state index contributed by atoms with van der Waals surface area (Å²) in [6, 6.07) is 14.6. The fourth-order valence-electron chi connectivity index (χ4n) is 2.96. The average molecular weight is 353 g/mol. The molecule has 2 aromatic carbocycles. The molecule has 26 heavy (non-hydrogen) atoms. The number of hydrogen-bond donors (Lipinski definition) is 1. The summed E-state index contributed by atoms with van der Waals surface area (Å²) in [6.07, 6.45) is 1.92. The minimum absolute atomic E-state index is 0.0462. The molecule has 0 bridgehead atoms. The van der Waals surface area contributed by atoms with E-state index in [9.17, 15) is 9.18 Å². The number of rotatable bonds is 7. The second kappa shape index (κ2) is 8.13. The average Bonchev–Trinajstić information content (AvgIpc) is 2.99. The number of nitrogens with one attached hydrogen (secondary N) is 1. The predicted molar refractivity (Wildman–Crippen MR) is 101 cm³/mol. The van der Waals surface area contributed by atoms with Gasteiger partial charge >= 0.3 is 0 Å². The van der Waals surface area contributed by atoms with Crippen molar-refractivity contribution in [3.8, 4) is 0 Å². The van der Waals surface area contributed by atoms with Crippen molar-refractivity contribution < 1.29 is 9.18 Å². The van der Waals surface area contributed by atoms with Gasteiger partial charge in [-0.2, -0.15) is 0 Å². The number of carbonyl (C=O) groups excluding carboxylic acids is 1. The molecule has 0 aliphatic heterocycles. The third-order valence-electron chi connectivity index (χ3n) is 4.59. The second-order valence-corrected chi connectivity index (χ2v) is 6.60. The summed E-state index contributed by atoms with van der Waals surface area (Å²) in [6.45, 7) is 4.62. The van der Waals surface area contributed by atoms with Crippen molar-refractivity contribution >= 4 is 16.9 Å². The lowest BCUT2D eigenvalue weighted by Gasteiger charge is -2.13. The molecule has 1 N–H and O–H groups in total. The molecule has 0 radical (unpaired) electrons.